The minimum atomic E-state index is -4.32. The van der Waals surface area contributed by atoms with E-state index in [9.17, 15) is 26.0 Å². The van der Waals surface area contributed by atoms with Gasteiger partial charge in [0.2, 0.25) is 20.0 Å². The summed E-state index contributed by atoms with van der Waals surface area (Å²) < 4.78 is 64.0. The third-order valence-corrected chi connectivity index (χ3v) is 5.86. The van der Waals surface area contributed by atoms with Crippen LogP contribution >= 0.6 is 0 Å². The highest BCUT2D eigenvalue weighted by atomic mass is 32.2. The second kappa shape index (κ2) is 6.06. The van der Waals surface area contributed by atoms with Gasteiger partial charge in [-0.25, -0.2) is 21.2 Å². The molecule has 1 heterocycles. The van der Waals surface area contributed by atoms with E-state index in [-0.39, 0.29) is 18.7 Å². The van der Waals surface area contributed by atoms with E-state index in [0.29, 0.717) is 6.42 Å². The lowest BCUT2D eigenvalue weighted by molar-refractivity contribution is -0.140. The van der Waals surface area contributed by atoms with Crippen molar-refractivity contribution in [3.63, 3.8) is 0 Å². The van der Waals surface area contributed by atoms with Crippen molar-refractivity contribution < 1.29 is 31.1 Å². The topological polar surface area (TPSA) is 121 Å². The number of aliphatic carboxylic acids is 1. The van der Waals surface area contributed by atoms with Crippen molar-refractivity contribution in [2.45, 2.75) is 23.8 Å². The van der Waals surface area contributed by atoms with Gasteiger partial charge in [-0.05, 0) is 31.0 Å². The molecule has 2 rings (SSSR count). The highest BCUT2D eigenvalue weighted by Crippen LogP contribution is 2.29. The van der Waals surface area contributed by atoms with Gasteiger partial charge in [-0.1, -0.05) is 0 Å². The molecular weight excluding hydrogens is 351 g/mol. The second-order valence-corrected chi connectivity index (χ2v) is 8.74. The Morgan fingerprint density at radius 1 is 1.35 bits per heavy atom. The molecule has 2 N–H and O–H groups in total. The lowest BCUT2D eigenvalue weighted by Crippen LogP contribution is -2.40. The molecule has 23 heavy (non-hydrogen) atoms. The summed E-state index contributed by atoms with van der Waals surface area (Å²) in [4.78, 5) is 10.4. The van der Waals surface area contributed by atoms with Gasteiger partial charge in [0.05, 0.1) is 11.9 Å². The SMILES string of the molecule is CS(=O)(=O)Nc1ccc(S(=O)(=O)N2CCC[C@H]2C(=O)O)c(F)c1. The van der Waals surface area contributed by atoms with Gasteiger partial charge in [-0.15, -0.1) is 0 Å². The highest BCUT2D eigenvalue weighted by Gasteiger charge is 2.40. The van der Waals surface area contributed by atoms with E-state index in [4.69, 9.17) is 5.11 Å². The van der Waals surface area contributed by atoms with Gasteiger partial charge < -0.3 is 5.11 Å². The average Bonchev–Trinajstić information content (AvgIpc) is 2.86. The zero-order valence-electron chi connectivity index (χ0n) is 12.1. The lowest BCUT2D eigenvalue weighted by Gasteiger charge is -2.21. The number of hydrogen-bond acceptors (Lipinski definition) is 5. The first-order valence-electron chi connectivity index (χ1n) is 6.54. The first kappa shape index (κ1) is 17.6. The van der Waals surface area contributed by atoms with Gasteiger partial charge in [0, 0.05) is 6.54 Å². The number of nitrogens with one attached hydrogen (secondary N) is 1. The quantitative estimate of drug-likeness (QED) is 0.780. The molecule has 1 aromatic rings. The number of sulfonamides is 2. The standard InChI is InChI=1S/C12H15FN2O6S2/c1-22(18,19)14-8-4-5-11(9(13)7-8)23(20,21)15-6-2-3-10(15)12(16)17/h4-5,7,10,14H,2-3,6H2,1H3,(H,16,17)/t10-/m0/s1. The first-order chi connectivity index (χ1) is 10.5. The average molecular weight is 366 g/mol. The van der Waals surface area contributed by atoms with Crippen LogP contribution in [-0.4, -0.2) is 51.1 Å². The van der Waals surface area contributed by atoms with E-state index in [1.165, 1.54) is 0 Å². The normalized spacial score (nSPS) is 19.7. The minimum absolute atomic E-state index is 0.0118. The van der Waals surface area contributed by atoms with Crippen LogP contribution in [0.4, 0.5) is 10.1 Å². The van der Waals surface area contributed by atoms with Gasteiger partial charge in [0.15, 0.2) is 0 Å². The monoisotopic (exact) mass is 366 g/mol. The number of carboxylic acids is 1. The van der Waals surface area contributed by atoms with Gasteiger partial charge in [0.25, 0.3) is 0 Å². The molecule has 1 atom stereocenters. The molecule has 0 aromatic heterocycles. The zero-order valence-corrected chi connectivity index (χ0v) is 13.7. The van der Waals surface area contributed by atoms with Crippen LogP contribution in [0.3, 0.4) is 0 Å². The van der Waals surface area contributed by atoms with E-state index in [1.807, 2.05) is 4.72 Å². The van der Waals surface area contributed by atoms with Crippen LogP contribution in [0.5, 0.6) is 0 Å². The number of carboxylic acid groups (broad SMARTS) is 1. The van der Waals surface area contributed by atoms with Crippen LogP contribution in [-0.2, 0) is 24.8 Å². The Hall–Kier alpha value is -1.72. The van der Waals surface area contributed by atoms with Gasteiger partial charge in [-0.3, -0.25) is 9.52 Å². The van der Waals surface area contributed by atoms with E-state index >= 15 is 0 Å². The molecule has 0 spiro atoms. The van der Waals surface area contributed by atoms with Crippen molar-refractivity contribution in [2.75, 3.05) is 17.5 Å². The Bertz CT molecular complexity index is 837. The van der Waals surface area contributed by atoms with Crippen LogP contribution in [0.15, 0.2) is 23.1 Å². The van der Waals surface area contributed by atoms with Gasteiger partial charge in [-0.2, -0.15) is 4.31 Å². The molecule has 1 aliphatic rings. The third-order valence-electron chi connectivity index (χ3n) is 3.31. The Kier molecular flexibility index (Phi) is 4.64. The summed E-state index contributed by atoms with van der Waals surface area (Å²) in [5.74, 6) is -2.45. The fourth-order valence-electron chi connectivity index (χ4n) is 2.39. The Morgan fingerprint density at radius 3 is 2.52 bits per heavy atom. The largest absolute Gasteiger partial charge is 0.480 e. The molecule has 0 amide bonds. The molecule has 0 unspecified atom stereocenters. The number of hydrogen-bond donors (Lipinski definition) is 2. The molecular formula is C12H15FN2O6S2. The molecule has 1 saturated heterocycles. The minimum Gasteiger partial charge on any atom is -0.480 e. The van der Waals surface area contributed by atoms with Crippen LogP contribution in [0.2, 0.25) is 0 Å². The second-order valence-electron chi connectivity index (χ2n) is 5.13. The van der Waals surface area contributed by atoms with Crippen molar-refractivity contribution in [3.05, 3.63) is 24.0 Å². The van der Waals surface area contributed by atoms with Crippen molar-refractivity contribution in [2.24, 2.45) is 0 Å². The summed E-state index contributed by atoms with van der Waals surface area (Å²) in [6.45, 7) is -0.0118. The fraction of sp³-hybridized carbons (Fsp3) is 0.417. The molecule has 1 aliphatic heterocycles. The van der Waals surface area contributed by atoms with Gasteiger partial charge in [0.1, 0.15) is 16.8 Å². The number of carbonyl (C=O) groups is 1. The number of rotatable bonds is 5. The van der Waals surface area contributed by atoms with E-state index in [2.05, 4.69) is 0 Å². The molecule has 1 fully saturated rings. The molecule has 11 heteroatoms. The summed E-state index contributed by atoms with van der Waals surface area (Å²) in [6, 6.07) is 1.52. The predicted molar refractivity (Wildman–Crippen MR) is 79.4 cm³/mol. The summed E-state index contributed by atoms with van der Waals surface area (Å²) in [6.07, 6.45) is 1.40. The van der Waals surface area contributed by atoms with Crippen molar-refractivity contribution in [1.29, 1.82) is 0 Å². The number of nitrogens with zero attached hydrogens (tertiary/aromatic N) is 1. The molecule has 0 aliphatic carbocycles. The van der Waals surface area contributed by atoms with Crippen molar-refractivity contribution in [3.8, 4) is 0 Å². The summed E-state index contributed by atoms with van der Waals surface area (Å²) in [5.41, 5.74) is -0.125. The molecule has 1 aromatic carbocycles. The maximum atomic E-state index is 14.1. The number of halogens is 1. The summed E-state index contributed by atoms with van der Waals surface area (Å²) in [7, 11) is -7.96. The highest BCUT2D eigenvalue weighted by molar-refractivity contribution is 7.92. The summed E-state index contributed by atoms with van der Waals surface area (Å²) in [5, 5.41) is 9.06. The van der Waals surface area contributed by atoms with Crippen LogP contribution in [0.1, 0.15) is 12.8 Å². The predicted octanol–water partition coefficient (Wildman–Crippen LogP) is 0.435. The summed E-state index contributed by atoms with van der Waals surface area (Å²) >= 11 is 0. The molecule has 0 saturated carbocycles. The van der Waals surface area contributed by atoms with E-state index in [0.717, 1.165) is 28.8 Å². The molecule has 0 bridgehead atoms. The van der Waals surface area contributed by atoms with Crippen LogP contribution in [0.25, 0.3) is 0 Å². The molecule has 0 radical (unpaired) electrons. The van der Waals surface area contributed by atoms with E-state index in [1.54, 1.807) is 0 Å². The maximum Gasteiger partial charge on any atom is 0.322 e. The lowest BCUT2D eigenvalue weighted by atomic mass is 10.2. The van der Waals surface area contributed by atoms with Crippen molar-refractivity contribution in [1.82, 2.24) is 4.31 Å². The Morgan fingerprint density at radius 2 is 2.00 bits per heavy atom. The Balaban J connectivity index is 2.39. The first-order valence-corrected chi connectivity index (χ1v) is 9.87. The maximum absolute atomic E-state index is 14.1. The van der Waals surface area contributed by atoms with Crippen LogP contribution in [0, 0.1) is 5.82 Å². The smallest absolute Gasteiger partial charge is 0.322 e. The Labute approximate surface area is 133 Å². The number of anilines is 1. The zero-order chi connectivity index (χ0) is 17.4. The van der Waals surface area contributed by atoms with Gasteiger partial charge >= 0.3 is 5.97 Å². The van der Waals surface area contributed by atoms with Crippen molar-refractivity contribution >= 4 is 31.7 Å². The molecule has 128 valence electrons. The van der Waals surface area contributed by atoms with Crippen LogP contribution < -0.4 is 4.72 Å². The fourth-order valence-corrected chi connectivity index (χ4v) is 4.64. The molecule has 8 nitrogen and oxygen atoms in total. The third kappa shape index (κ3) is 3.79. The van der Waals surface area contributed by atoms with E-state index < -0.39 is 42.8 Å². The number of benzene rings is 1.